The van der Waals surface area contributed by atoms with Crippen molar-refractivity contribution in [2.75, 3.05) is 11.9 Å². The molecule has 0 unspecified atom stereocenters. The van der Waals surface area contributed by atoms with E-state index in [4.69, 9.17) is 4.42 Å². The number of nitrogens with zero attached hydrogens (tertiary/aromatic N) is 1. The molecule has 3 rings (SSSR count). The van der Waals surface area contributed by atoms with Crippen LogP contribution in [0.3, 0.4) is 0 Å². The average molecular weight is 405 g/mol. The average Bonchev–Trinajstić information content (AvgIpc) is 3.23. The largest absolute Gasteiger partial charge is 0.454 e. The monoisotopic (exact) mass is 405 g/mol. The van der Waals surface area contributed by atoms with Gasteiger partial charge in [0.2, 0.25) is 0 Å². The van der Waals surface area contributed by atoms with E-state index >= 15 is 0 Å². The van der Waals surface area contributed by atoms with Gasteiger partial charge in [-0.1, -0.05) is 61.9 Å². The van der Waals surface area contributed by atoms with E-state index in [2.05, 4.69) is 17.6 Å². The van der Waals surface area contributed by atoms with Gasteiger partial charge in [-0.2, -0.15) is 0 Å². The summed E-state index contributed by atoms with van der Waals surface area (Å²) in [5.41, 5.74) is 1.72. The van der Waals surface area contributed by atoms with Crippen molar-refractivity contribution in [1.82, 2.24) is 10.2 Å². The van der Waals surface area contributed by atoms with E-state index in [1.807, 2.05) is 60.7 Å². The van der Waals surface area contributed by atoms with Crippen LogP contribution in [0, 0.1) is 0 Å². The Hall–Kier alpha value is -3.54. The Kier molecular flexibility index (Phi) is 7.66. The fraction of sp³-hybridized carbons (Fsp3) is 0.250. The summed E-state index contributed by atoms with van der Waals surface area (Å²) in [6.45, 7) is 3.35. The van der Waals surface area contributed by atoms with Crippen LogP contribution in [0.15, 0.2) is 77.2 Å². The lowest BCUT2D eigenvalue weighted by Gasteiger charge is -2.22. The highest BCUT2D eigenvalue weighted by atomic mass is 16.4. The highest BCUT2D eigenvalue weighted by Gasteiger charge is 2.18. The predicted octanol–water partition coefficient (Wildman–Crippen LogP) is 5.04. The predicted molar refractivity (Wildman–Crippen MR) is 117 cm³/mol. The lowest BCUT2D eigenvalue weighted by molar-refractivity contribution is 0.0922. The number of para-hydroxylation sites is 1. The first-order valence-corrected chi connectivity index (χ1v) is 10.2. The summed E-state index contributed by atoms with van der Waals surface area (Å²) in [5.74, 6) is 0.567. The number of carbonyl (C=O) groups excluding carboxylic acids is 2. The number of unbranched alkanes of at least 4 members (excludes halogenated alkanes) is 1. The van der Waals surface area contributed by atoms with E-state index in [0.717, 1.165) is 24.1 Å². The molecule has 0 saturated heterocycles. The number of amides is 3. The van der Waals surface area contributed by atoms with Crippen molar-refractivity contribution in [3.63, 3.8) is 0 Å². The first kappa shape index (κ1) is 21.2. The summed E-state index contributed by atoms with van der Waals surface area (Å²) in [6, 6.07) is 22.2. The Labute approximate surface area is 176 Å². The number of rotatable bonds is 9. The molecule has 6 heteroatoms. The van der Waals surface area contributed by atoms with Crippen LogP contribution in [0.5, 0.6) is 0 Å². The van der Waals surface area contributed by atoms with E-state index in [-0.39, 0.29) is 24.2 Å². The molecule has 0 aliphatic carbocycles. The Morgan fingerprint density at radius 2 is 1.60 bits per heavy atom. The first-order chi connectivity index (χ1) is 14.7. The van der Waals surface area contributed by atoms with Crippen LogP contribution in [-0.2, 0) is 13.1 Å². The highest BCUT2D eigenvalue weighted by molar-refractivity contribution is 5.91. The maximum atomic E-state index is 12.9. The minimum Gasteiger partial charge on any atom is -0.454 e. The summed E-state index contributed by atoms with van der Waals surface area (Å²) in [5, 5.41) is 5.75. The number of furan rings is 1. The second-order valence-electron chi connectivity index (χ2n) is 7.01. The van der Waals surface area contributed by atoms with Gasteiger partial charge in [0.15, 0.2) is 5.76 Å². The zero-order valence-electron chi connectivity index (χ0n) is 17.1. The van der Waals surface area contributed by atoms with Gasteiger partial charge in [-0.3, -0.25) is 4.79 Å². The minimum absolute atomic E-state index is 0.238. The molecule has 0 saturated carbocycles. The third-order valence-corrected chi connectivity index (χ3v) is 4.58. The molecular weight excluding hydrogens is 378 g/mol. The lowest BCUT2D eigenvalue weighted by atomic mass is 10.2. The van der Waals surface area contributed by atoms with Crippen LogP contribution in [0.4, 0.5) is 10.5 Å². The molecule has 30 heavy (non-hydrogen) atoms. The molecule has 0 aliphatic rings. The summed E-state index contributed by atoms with van der Waals surface area (Å²) in [4.78, 5) is 26.8. The van der Waals surface area contributed by atoms with E-state index in [9.17, 15) is 9.59 Å². The minimum atomic E-state index is -0.240. The van der Waals surface area contributed by atoms with Gasteiger partial charge < -0.3 is 20.0 Å². The summed E-state index contributed by atoms with van der Waals surface area (Å²) < 4.78 is 5.71. The molecule has 156 valence electrons. The molecule has 0 spiro atoms. The Bertz CT molecular complexity index is 939. The van der Waals surface area contributed by atoms with Gasteiger partial charge in [-0.25, -0.2) is 4.79 Å². The summed E-state index contributed by atoms with van der Waals surface area (Å²) in [7, 11) is 0. The fourth-order valence-corrected chi connectivity index (χ4v) is 2.97. The highest BCUT2D eigenvalue weighted by Crippen LogP contribution is 2.16. The van der Waals surface area contributed by atoms with Gasteiger partial charge in [0, 0.05) is 18.8 Å². The molecule has 0 fully saturated rings. The Balaban J connectivity index is 1.70. The normalized spacial score (nSPS) is 10.4. The van der Waals surface area contributed by atoms with Crippen LogP contribution < -0.4 is 10.6 Å². The van der Waals surface area contributed by atoms with E-state index in [1.165, 1.54) is 0 Å². The number of hydrogen-bond acceptors (Lipinski definition) is 3. The standard InChI is InChI=1S/C24H27N3O3/c1-2-3-16-25-23(28)22-15-14-21(30-22)18-27(17-19-10-6-4-7-11-19)24(29)26-20-12-8-5-9-13-20/h4-15H,2-3,16-18H2,1H3,(H,25,28)(H,26,29). The van der Waals surface area contributed by atoms with Gasteiger partial charge in [-0.05, 0) is 36.2 Å². The molecule has 0 radical (unpaired) electrons. The SMILES string of the molecule is CCCCNC(=O)c1ccc(CN(Cc2ccccc2)C(=O)Nc2ccccc2)o1. The van der Waals surface area contributed by atoms with Crippen molar-refractivity contribution in [2.45, 2.75) is 32.9 Å². The first-order valence-electron chi connectivity index (χ1n) is 10.2. The van der Waals surface area contributed by atoms with Crippen molar-refractivity contribution in [2.24, 2.45) is 0 Å². The number of anilines is 1. The molecule has 1 aromatic heterocycles. The quantitative estimate of drug-likeness (QED) is 0.490. The number of benzene rings is 2. The van der Waals surface area contributed by atoms with E-state index < -0.39 is 0 Å². The Morgan fingerprint density at radius 3 is 2.30 bits per heavy atom. The third kappa shape index (κ3) is 6.24. The number of nitrogens with one attached hydrogen (secondary N) is 2. The van der Waals surface area contributed by atoms with Gasteiger partial charge in [0.1, 0.15) is 5.76 Å². The molecule has 3 aromatic rings. The molecule has 2 aromatic carbocycles. The van der Waals surface area contributed by atoms with Crippen LogP contribution >= 0.6 is 0 Å². The number of hydrogen-bond donors (Lipinski definition) is 2. The zero-order valence-corrected chi connectivity index (χ0v) is 17.1. The fourth-order valence-electron chi connectivity index (χ4n) is 2.97. The van der Waals surface area contributed by atoms with Gasteiger partial charge >= 0.3 is 6.03 Å². The number of carbonyl (C=O) groups is 2. The maximum absolute atomic E-state index is 12.9. The van der Waals surface area contributed by atoms with Crippen molar-refractivity contribution in [1.29, 1.82) is 0 Å². The molecule has 2 N–H and O–H groups in total. The maximum Gasteiger partial charge on any atom is 0.322 e. The number of urea groups is 1. The molecule has 1 heterocycles. The molecule has 0 aliphatic heterocycles. The van der Waals surface area contributed by atoms with Crippen molar-refractivity contribution < 1.29 is 14.0 Å². The zero-order chi connectivity index (χ0) is 21.2. The van der Waals surface area contributed by atoms with Crippen LogP contribution in [-0.4, -0.2) is 23.4 Å². The van der Waals surface area contributed by atoms with E-state index in [0.29, 0.717) is 18.8 Å². The topological polar surface area (TPSA) is 74.6 Å². The van der Waals surface area contributed by atoms with Crippen LogP contribution in [0.1, 0.15) is 41.6 Å². The smallest absolute Gasteiger partial charge is 0.322 e. The summed E-state index contributed by atoms with van der Waals surface area (Å²) in [6.07, 6.45) is 1.93. The van der Waals surface area contributed by atoms with Gasteiger partial charge in [0.25, 0.3) is 5.91 Å². The van der Waals surface area contributed by atoms with Gasteiger partial charge in [-0.15, -0.1) is 0 Å². The molecular formula is C24H27N3O3. The molecule has 6 nitrogen and oxygen atoms in total. The second-order valence-corrected chi connectivity index (χ2v) is 7.01. The third-order valence-electron chi connectivity index (χ3n) is 4.58. The van der Waals surface area contributed by atoms with Crippen LogP contribution in [0.25, 0.3) is 0 Å². The Morgan fingerprint density at radius 1 is 0.900 bits per heavy atom. The molecule has 0 atom stereocenters. The van der Waals surface area contributed by atoms with Crippen LogP contribution in [0.2, 0.25) is 0 Å². The second kappa shape index (κ2) is 10.9. The van der Waals surface area contributed by atoms with Crippen molar-refractivity contribution in [3.8, 4) is 0 Å². The molecule has 0 bridgehead atoms. The van der Waals surface area contributed by atoms with Crippen molar-refractivity contribution in [3.05, 3.63) is 89.9 Å². The molecule has 3 amide bonds. The van der Waals surface area contributed by atoms with Crippen molar-refractivity contribution >= 4 is 17.6 Å². The lowest BCUT2D eigenvalue weighted by Crippen LogP contribution is -2.34. The summed E-state index contributed by atoms with van der Waals surface area (Å²) >= 11 is 0. The van der Waals surface area contributed by atoms with E-state index in [1.54, 1.807) is 17.0 Å². The van der Waals surface area contributed by atoms with Gasteiger partial charge in [0.05, 0.1) is 6.54 Å².